The molecule has 114 valence electrons. The van der Waals surface area contributed by atoms with Crippen LogP contribution in [0.5, 0.6) is 0 Å². The van der Waals surface area contributed by atoms with E-state index in [2.05, 4.69) is 21.2 Å². The van der Waals surface area contributed by atoms with E-state index in [4.69, 9.17) is 11.6 Å². The monoisotopic (exact) mass is 372 g/mol. The van der Waals surface area contributed by atoms with Crippen LogP contribution < -0.4 is 10.2 Å². The zero-order valence-corrected chi connectivity index (χ0v) is 14.4. The summed E-state index contributed by atoms with van der Waals surface area (Å²) in [7, 11) is 0. The number of carbonyl (C=O) groups excluding carboxylic acids is 2. The summed E-state index contributed by atoms with van der Waals surface area (Å²) in [6, 6.07) is 4.37. The van der Waals surface area contributed by atoms with Gasteiger partial charge in [0.05, 0.1) is 15.2 Å². The lowest BCUT2D eigenvalue weighted by atomic mass is 10.0. The van der Waals surface area contributed by atoms with Gasteiger partial charge in [0.25, 0.3) is 0 Å². The van der Waals surface area contributed by atoms with E-state index in [9.17, 15) is 9.59 Å². The summed E-state index contributed by atoms with van der Waals surface area (Å²) in [5.74, 6) is -0.186. The molecule has 6 heteroatoms. The molecule has 2 atom stereocenters. The van der Waals surface area contributed by atoms with E-state index in [1.807, 2.05) is 13.8 Å². The highest BCUT2D eigenvalue weighted by molar-refractivity contribution is 9.10. The molecule has 21 heavy (non-hydrogen) atoms. The lowest BCUT2D eigenvalue weighted by molar-refractivity contribution is -0.134. The third-order valence-electron chi connectivity index (χ3n) is 3.62. The minimum atomic E-state index is -0.500. The molecular formula is C15H18BrClN2O2. The number of nitrogens with zero attached hydrogens (tertiary/aromatic N) is 1. The van der Waals surface area contributed by atoms with Crippen molar-refractivity contribution in [1.29, 1.82) is 0 Å². The Morgan fingerprint density at radius 1 is 1.33 bits per heavy atom. The zero-order valence-electron chi connectivity index (χ0n) is 12.0. The molecule has 1 aromatic rings. The number of piperazine rings is 1. The summed E-state index contributed by atoms with van der Waals surface area (Å²) >= 11 is 9.54. The second-order valence-corrected chi connectivity index (χ2v) is 6.26. The van der Waals surface area contributed by atoms with Gasteiger partial charge in [-0.15, -0.1) is 0 Å². The maximum atomic E-state index is 12.7. The third kappa shape index (κ3) is 3.09. The van der Waals surface area contributed by atoms with E-state index in [0.717, 1.165) is 6.42 Å². The Morgan fingerprint density at radius 3 is 2.67 bits per heavy atom. The highest BCUT2D eigenvalue weighted by Gasteiger charge is 2.40. The number of amides is 2. The van der Waals surface area contributed by atoms with E-state index >= 15 is 0 Å². The van der Waals surface area contributed by atoms with Crippen LogP contribution in [0, 0.1) is 0 Å². The summed E-state index contributed by atoms with van der Waals surface area (Å²) in [4.78, 5) is 26.6. The largest absolute Gasteiger partial charge is 0.342 e. The normalized spacial score (nSPS) is 22.4. The third-order valence-corrected chi connectivity index (χ3v) is 5.00. The van der Waals surface area contributed by atoms with Gasteiger partial charge in [-0.25, -0.2) is 0 Å². The predicted molar refractivity (Wildman–Crippen MR) is 87.6 cm³/mol. The first-order valence-electron chi connectivity index (χ1n) is 7.08. The second kappa shape index (κ2) is 6.79. The van der Waals surface area contributed by atoms with E-state index in [0.29, 0.717) is 28.0 Å². The van der Waals surface area contributed by atoms with Gasteiger partial charge in [-0.05, 0) is 40.9 Å². The topological polar surface area (TPSA) is 49.4 Å². The molecule has 1 N–H and O–H groups in total. The SMILES string of the molecule is CCCC1NC(=O)C(CC)N(c2cccc(Cl)c2Br)C1=O. The molecule has 4 nitrogen and oxygen atoms in total. The van der Waals surface area contributed by atoms with Gasteiger partial charge in [0, 0.05) is 0 Å². The van der Waals surface area contributed by atoms with Crippen LogP contribution in [0.25, 0.3) is 0 Å². The average molecular weight is 374 g/mol. The Balaban J connectivity index is 2.47. The van der Waals surface area contributed by atoms with Crippen LogP contribution in [0.15, 0.2) is 22.7 Å². The summed E-state index contributed by atoms with van der Waals surface area (Å²) in [5.41, 5.74) is 0.648. The van der Waals surface area contributed by atoms with Gasteiger partial charge in [0.2, 0.25) is 11.8 Å². The Kier molecular flexibility index (Phi) is 5.27. The fourth-order valence-corrected chi connectivity index (χ4v) is 3.21. The molecule has 1 fully saturated rings. The van der Waals surface area contributed by atoms with E-state index in [-0.39, 0.29) is 11.8 Å². The molecule has 1 heterocycles. The summed E-state index contributed by atoms with van der Waals surface area (Å²) in [6.45, 7) is 3.88. The van der Waals surface area contributed by atoms with Gasteiger partial charge in [-0.3, -0.25) is 14.5 Å². The van der Waals surface area contributed by atoms with Crippen molar-refractivity contribution < 1.29 is 9.59 Å². The van der Waals surface area contributed by atoms with Crippen LogP contribution in [0.4, 0.5) is 5.69 Å². The first-order valence-corrected chi connectivity index (χ1v) is 8.25. The predicted octanol–water partition coefficient (Wildman–Crippen LogP) is 3.51. The van der Waals surface area contributed by atoms with Crippen molar-refractivity contribution in [3.05, 3.63) is 27.7 Å². The summed E-state index contributed by atoms with van der Waals surface area (Å²) < 4.78 is 0.642. The summed E-state index contributed by atoms with van der Waals surface area (Å²) in [5, 5.41) is 3.34. The van der Waals surface area contributed by atoms with Crippen LogP contribution in [0.2, 0.25) is 5.02 Å². The molecule has 2 amide bonds. The molecule has 0 bridgehead atoms. The number of halogens is 2. The van der Waals surface area contributed by atoms with Crippen molar-refractivity contribution in [2.24, 2.45) is 0 Å². The maximum absolute atomic E-state index is 12.7. The average Bonchev–Trinajstić information content (AvgIpc) is 2.46. The molecule has 0 saturated carbocycles. The standard InChI is InChI=1S/C15H18BrClN2O2/c1-3-6-10-15(21)19(11(4-2)14(20)18-10)12-8-5-7-9(17)13(12)16/h5,7-8,10-11H,3-4,6H2,1-2H3,(H,18,20). The maximum Gasteiger partial charge on any atom is 0.250 e. The molecule has 2 unspecified atom stereocenters. The second-order valence-electron chi connectivity index (χ2n) is 5.06. The van der Waals surface area contributed by atoms with E-state index < -0.39 is 12.1 Å². The Morgan fingerprint density at radius 2 is 2.05 bits per heavy atom. The fraction of sp³-hybridized carbons (Fsp3) is 0.467. The molecule has 1 aliphatic rings. The van der Waals surface area contributed by atoms with Gasteiger partial charge in [-0.2, -0.15) is 0 Å². The van der Waals surface area contributed by atoms with Gasteiger partial charge in [0.15, 0.2) is 0 Å². The van der Waals surface area contributed by atoms with E-state index in [1.165, 1.54) is 0 Å². The molecule has 1 saturated heterocycles. The van der Waals surface area contributed by atoms with Gasteiger partial charge in [0.1, 0.15) is 12.1 Å². The molecule has 0 aliphatic carbocycles. The minimum Gasteiger partial charge on any atom is -0.342 e. The van der Waals surface area contributed by atoms with Crippen LogP contribution in [-0.2, 0) is 9.59 Å². The number of carbonyl (C=O) groups is 2. The Labute approximate surface area is 138 Å². The van der Waals surface area contributed by atoms with Crippen molar-refractivity contribution in [1.82, 2.24) is 5.32 Å². The highest BCUT2D eigenvalue weighted by Crippen LogP contribution is 2.35. The van der Waals surface area contributed by atoms with E-state index in [1.54, 1.807) is 23.1 Å². The molecule has 1 aliphatic heterocycles. The van der Waals surface area contributed by atoms with Crippen molar-refractivity contribution >= 4 is 45.0 Å². The number of hydrogen-bond acceptors (Lipinski definition) is 2. The van der Waals surface area contributed by atoms with Crippen molar-refractivity contribution in [3.63, 3.8) is 0 Å². The fourth-order valence-electron chi connectivity index (χ4n) is 2.59. The number of benzene rings is 1. The Hall–Kier alpha value is -1.07. The van der Waals surface area contributed by atoms with Gasteiger partial charge < -0.3 is 5.32 Å². The number of rotatable bonds is 4. The minimum absolute atomic E-state index is 0.0775. The van der Waals surface area contributed by atoms with Crippen molar-refractivity contribution in [2.75, 3.05) is 4.90 Å². The molecule has 0 spiro atoms. The first-order chi connectivity index (χ1) is 10.0. The molecule has 1 aromatic carbocycles. The molecule has 0 radical (unpaired) electrons. The number of nitrogens with one attached hydrogen (secondary N) is 1. The smallest absolute Gasteiger partial charge is 0.250 e. The lowest BCUT2D eigenvalue weighted by Gasteiger charge is -2.39. The molecule has 2 rings (SSSR count). The molecular weight excluding hydrogens is 356 g/mol. The van der Waals surface area contributed by atoms with Gasteiger partial charge >= 0.3 is 0 Å². The van der Waals surface area contributed by atoms with Crippen LogP contribution in [0.3, 0.4) is 0 Å². The van der Waals surface area contributed by atoms with Crippen molar-refractivity contribution in [3.8, 4) is 0 Å². The number of anilines is 1. The van der Waals surface area contributed by atoms with Gasteiger partial charge in [-0.1, -0.05) is 37.9 Å². The quantitative estimate of drug-likeness (QED) is 0.878. The zero-order chi connectivity index (χ0) is 15.6. The van der Waals surface area contributed by atoms with Crippen LogP contribution in [-0.4, -0.2) is 23.9 Å². The van der Waals surface area contributed by atoms with Crippen LogP contribution in [0.1, 0.15) is 33.1 Å². The lowest BCUT2D eigenvalue weighted by Crippen LogP contribution is -2.63. The van der Waals surface area contributed by atoms with Crippen LogP contribution >= 0.6 is 27.5 Å². The summed E-state index contributed by atoms with van der Waals surface area (Å²) in [6.07, 6.45) is 2.02. The highest BCUT2D eigenvalue weighted by atomic mass is 79.9. The first kappa shape index (κ1) is 16.3. The Bertz CT molecular complexity index is 565. The van der Waals surface area contributed by atoms with Crippen molar-refractivity contribution in [2.45, 2.75) is 45.2 Å². The molecule has 0 aromatic heterocycles. The number of hydrogen-bond donors (Lipinski definition) is 1.